The van der Waals surface area contributed by atoms with Crippen molar-refractivity contribution >= 4 is 0 Å². The Bertz CT molecular complexity index is 417. The summed E-state index contributed by atoms with van der Waals surface area (Å²) in [5, 5.41) is 10.3. The summed E-state index contributed by atoms with van der Waals surface area (Å²) in [6.07, 6.45) is 0.740. The van der Waals surface area contributed by atoms with Gasteiger partial charge in [-0.2, -0.15) is 0 Å². The van der Waals surface area contributed by atoms with Gasteiger partial charge in [0.15, 0.2) is 6.29 Å². The Hall–Kier alpha value is -1.17. The second kappa shape index (κ2) is 8.19. The molecule has 5 heteroatoms. The maximum atomic E-state index is 10.3. The smallest absolute Gasteiger partial charge is 0.183 e. The van der Waals surface area contributed by atoms with Crippen molar-refractivity contribution in [1.29, 1.82) is 0 Å². The minimum Gasteiger partial charge on any atom is -0.496 e. The molecule has 1 unspecified atom stereocenters. The first-order chi connectivity index (χ1) is 9.54. The topological polar surface area (TPSA) is 60.8 Å². The van der Waals surface area contributed by atoms with Gasteiger partial charge in [-0.1, -0.05) is 0 Å². The van der Waals surface area contributed by atoms with Crippen molar-refractivity contribution in [2.45, 2.75) is 46.5 Å². The lowest BCUT2D eigenvalue weighted by Gasteiger charge is -2.23. The largest absolute Gasteiger partial charge is 0.496 e. The molecule has 1 rings (SSSR count). The van der Waals surface area contributed by atoms with Gasteiger partial charge in [0, 0.05) is 42.7 Å². The van der Waals surface area contributed by atoms with Crippen LogP contribution in [0.2, 0.25) is 0 Å². The Morgan fingerprint density at radius 2 is 1.80 bits per heavy atom. The molecular formula is C15H25NO4. The van der Waals surface area contributed by atoms with E-state index >= 15 is 0 Å². The lowest BCUT2D eigenvalue weighted by atomic mass is 10.1. The fourth-order valence-electron chi connectivity index (χ4n) is 2.17. The minimum atomic E-state index is -0.756. The molecule has 114 valence electrons. The van der Waals surface area contributed by atoms with E-state index in [-0.39, 0.29) is 0 Å². The lowest BCUT2D eigenvalue weighted by Crippen LogP contribution is -2.34. The fraction of sp³-hybridized carbons (Fsp3) is 0.667. The van der Waals surface area contributed by atoms with Gasteiger partial charge in [0.2, 0.25) is 0 Å². The van der Waals surface area contributed by atoms with Gasteiger partial charge in [0.25, 0.3) is 0 Å². The van der Waals surface area contributed by atoms with Gasteiger partial charge in [0.1, 0.15) is 11.9 Å². The molecule has 0 aliphatic heterocycles. The third-order valence-corrected chi connectivity index (χ3v) is 3.13. The zero-order chi connectivity index (χ0) is 15.1. The first kappa shape index (κ1) is 16.9. The van der Waals surface area contributed by atoms with Crippen LogP contribution in [0.1, 0.15) is 30.7 Å². The highest BCUT2D eigenvalue weighted by atomic mass is 16.7. The van der Waals surface area contributed by atoms with Gasteiger partial charge in [-0.3, -0.25) is 4.98 Å². The predicted molar refractivity (Wildman–Crippen MR) is 77.0 cm³/mol. The van der Waals surface area contributed by atoms with Crippen molar-refractivity contribution in [3.63, 3.8) is 0 Å². The van der Waals surface area contributed by atoms with Crippen molar-refractivity contribution in [2.24, 2.45) is 0 Å². The normalized spacial score (nSPS) is 12.8. The van der Waals surface area contributed by atoms with Crippen molar-refractivity contribution in [3.8, 4) is 5.75 Å². The molecule has 5 nitrogen and oxygen atoms in total. The first-order valence-corrected chi connectivity index (χ1v) is 6.95. The van der Waals surface area contributed by atoms with Gasteiger partial charge in [-0.05, 0) is 27.7 Å². The van der Waals surface area contributed by atoms with Crippen molar-refractivity contribution in [1.82, 2.24) is 4.98 Å². The van der Waals surface area contributed by atoms with E-state index in [2.05, 4.69) is 4.98 Å². The molecule has 1 aromatic rings. The average molecular weight is 283 g/mol. The van der Waals surface area contributed by atoms with E-state index in [1.54, 1.807) is 13.3 Å². The molecule has 1 aromatic heterocycles. The number of hydrogen-bond acceptors (Lipinski definition) is 5. The molecule has 0 radical (unpaired) electrons. The molecular weight excluding hydrogens is 258 g/mol. The Morgan fingerprint density at radius 3 is 2.30 bits per heavy atom. The standard InChI is InChI=1S/C15H25NO4/c1-6-19-15(20-7-2)13(17)8-12-11(4)14(18-5)10(3)9-16-12/h9,13,15,17H,6-8H2,1-5H3. The molecule has 0 aromatic carbocycles. The monoisotopic (exact) mass is 283 g/mol. The molecule has 0 amide bonds. The van der Waals surface area contributed by atoms with Crippen LogP contribution >= 0.6 is 0 Å². The molecule has 0 aliphatic carbocycles. The summed E-state index contributed by atoms with van der Waals surface area (Å²) in [7, 11) is 1.64. The van der Waals surface area contributed by atoms with Crippen molar-refractivity contribution in [2.75, 3.05) is 20.3 Å². The number of aliphatic hydroxyl groups excluding tert-OH is 1. The second-order valence-electron chi connectivity index (χ2n) is 4.60. The highest BCUT2D eigenvalue weighted by Crippen LogP contribution is 2.25. The number of aromatic nitrogens is 1. The quantitative estimate of drug-likeness (QED) is 0.740. The Labute approximate surface area is 120 Å². The highest BCUT2D eigenvalue weighted by Gasteiger charge is 2.22. The molecule has 1 heterocycles. The number of nitrogens with zero attached hydrogens (tertiary/aromatic N) is 1. The van der Waals surface area contributed by atoms with Crippen LogP contribution in [0.4, 0.5) is 0 Å². The number of pyridine rings is 1. The second-order valence-corrected chi connectivity index (χ2v) is 4.60. The third-order valence-electron chi connectivity index (χ3n) is 3.13. The van der Waals surface area contributed by atoms with Gasteiger partial charge >= 0.3 is 0 Å². The number of aryl methyl sites for hydroxylation is 1. The van der Waals surface area contributed by atoms with E-state index in [1.165, 1.54) is 0 Å². The van der Waals surface area contributed by atoms with E-state index in [4.69, 9.17) is 14.2 Å². The van der Waals surface area contributed by atoms with Crippen LogP contribution in [-0.2, 0) is 15.9 Å². The van der Waals surface area contributed by atoms with E-state index < -0.39 is 12.4 Å². The number of hydrogen-bond donors (Lipinski definition) is 1. The summed E-state index contributed by atoms with van der Waals surface area (Å²) in [5.41, 5.74) is 2.72. The molecule has 0 aliphatic rings. The van der Waals surface area contributed by atoms with Gasteiger partial charge in [-0.25, -0.2) is 0 Å². The Kier molecular flexibility index (Phi) is 6.91. The third kappa shape index (κ3) is 4.16. The molecule has 1 N–H and O–H groups in total. The molecule has 0 saturated carbocycles. The first-order valence-electron chi connectivity index (χ1n) is 6.95. The van der Waals surface area contributed by atoms with Crippen LogP contribution < -0.4 is 4.74 Å². The fourth-order valence-corrected chi connectivity index (χ4v) is 2.17. The number of ether oxygens (including phenoxy) is 3. The SMILES string of the molecule is CCOC(OCC)C(O)Cc1ncc(C)c(OC)c1C. The maximum absolute atomic E-state index is 10.3. The number of rotatable bonds is 8. The molecule has 1 atom stereocenters. The van der Waals surface area contributed by atoms with E-state index in [0.717, 1.165) is 22.6 Å². The minimum absolute atomic E-state index is 0.368. The summed E-state index contributed by atoms with van der Waals surface area (Å²) in [5.74, 6) is 0.812. The van der Waals surface area contributed by atoms with Crippen LogP contribution in [-0.4, -0.2) is 42.8 Å². The summed E-state index contributed by atoms with van der Waals surface area (Å²) in [6.45, 7) is 8.62. The van der Waals surface area contributed by atoms with Crippen LogP contribution in [0.3, 0.4) is 0 Å². The zero-order valence-electron chi connectivity index (χ0n) is 13.0. The highest BCUT2D eigenvalue weighted by molar-refractivity contribution is 5.41. The zero-order valence-corrected chi connectivity index (χ0v) is 13.0. The van der Waals surface area contributed by atoms with Gasteiger partial charge < -0.3 is 19.3 Å². The van der Waals surface area contributed by atoms with Crippen molar-refractivity contribution < 1.29 is 19.3 Å². The molecule has 20 heavy (non-hydrogen) atoms. The van der Waals surface area contributed by atoms with Crippen LogP contribution in [0.25, 0.3) is 0 Å². The Balaban J connectivity index is 2.86. The van der Waals surface area contributed by atoms with E-state index in [1.807, 2.05) is 27.7 Å². The number of aliphatic hydroxyl groups is 1. The predicted octanol–water partition coefficient (Wildman–Crippen LogP) is 2.01. The summed E-state index contributed by atoms with van der Waals surface area (Å²) in [4.78, 5) is 4.38. The molecule has 0 saturated heterocycles. The molecule has 0 spiro atoms. The number of methoxy groups -OCH3 is 1. The Morgan fingerprint density at radius 1 is 1.20 bits per heavy atom. The molecule has 0 bridgehead atoms. The summed E-state index contributed by atoms with van der Waals surface area (Å²) >= 11 is 0. The van der Waals surface area contributed by atoms with Crippen LogP contribution in [0.15, 0.2) is 6.20 Å². The van der Waals surface area contributed by atoms with Crippen LogP contribution in [0.5, 0.6) is 5.75 Å². The van der Waals surface area contributed by atoms with E-state index in [9.17, 15) is 5.11 Å². The summed E-state index contributed by atoms with van der Waals surface area (Å²) < 4.78 is 16.2. The van der Waals surface area contributed by atoms with Gasteiger partial charge in [-0.15, -0.1) is 0 Å². The average Bonchev–Trinajstić information content (AvgIpc) is 2.42. The molecule has 0 fully saturated rings. The summed E-state index contributed by atoms with van der Waals surface area (Å²) in [6, 6.07) is 0. The van der Waals surface area contributed by atoms with Crippen LogP contribution in [0, 0.1) is 13.8 Å². The lowest BCUT2D eigenvalue weighted by molar-refractivity contribution is -0.189. The van der Waals surface area contributed by atoms with Crippen molar-refractivity contribution in [3.05, 3.63) is 23.0 Å². The maximum Gasteiger partial charge on any atom is 0.183 e. The van der Waals surface area contributed by atoms with Gasteiger partial charge in [0.05, 0.1) is 7.11 Å². The van der Waals surface area contributed by atoms with E-state index in [0.29, 0.717) is 19.6 Å².